The van der Waals surface area contributed by atoms with Gasteiger partial charge < -0.3 is 9.84 Å². The second-order valence-corrected chi connectivity index (χ2v) is 3.20. The number of methoxy groups -OCH3 is 1. The highest BCUT2D eigenvalue weighted by Crippen LogP contribution is 2.29. The summed E-state index contributed by atoms with van der Waals surface area (Å²) in [6.45, 7) is 3.81. The predicted molar refractivity (Wildman–Crippen MR) is 44.9 cm³/mol. The average Bonchev–Trinajstić information content (AvgIpc) is 2.04. The van der Waals surface area contributed by atoms with Crippen LogP contribution in [0.4, 0.5) is 0 Å². The Kier molecular flexibility index (Phi) is 2.87. The number of aliphatic carboxylic acids is 1. The molecule has 2 atom stereocenters. The minimum Gasteiger partial charge on any atom is -0.481 e. The van der Waals surface area contributed by atoms with E-state index in [-0.39, 0.29) is 12.0 Å². The maximum atomic E-state index is 10.6. The van der Waals surface area contributed by atoms with Crippen molar-refractivity contribution in [3.05, 3.63) is 12.2 Å². The lowest BCUT2D eigenvalue weighted by Gasteiger charge is -2.27. The minimum atomic E-state index is -0.717. The maximum Gasteiger partial charge on any atom is 0.306 e. The first kappa shape index (κ1) is 9.26. The minimum absolute atomic E-state index is 0.0700. The van der Waals surface area contributed by atoms with Crippen molar-refractivity contribution in [1.29, 1.82) is 0 Å². The fraction of sp³-hybridized carbons (Fsp3) is 0.667. The molecule has 1 saturated carbocycles. The van der Waals surface area contributed by atoms with Crippen LogP contribution in [0.1, 0.15) is 19.3 Å². The smallest absolute Gasteiger partial charge is 0.306 e. The number of rotatable bonds is 2. The molecule has 3 heteroatoms. The van der Waals surface area contributed by atoms with E-state index in [2.05, 4.69) is 6.58 Å². The summed E-state index contributed by atoms with van der Waals surface area (Å²) in [5.74, 6) is -0.963. The van der Waals surface area contributed by atoms with Crippen LogP contribution in [0.5, 0.6) is 0 Å². The van der Waals surface area contributed by atoms with Gasteiger partial charge in [0.15, 0.2) is 0 Å². The van der Waals surface area contributed by atoms with Gasteiger partial charge in [-0.1, -0.05) is 6.58 Å². The summed E-state index contributed by atoms with van der Waals surface area (Å²) in [6.07, 6.45) is 2.12. The van der Waals surface area contributed by atoms with Crippen molar-refractivity contribution in [2.45, 2.75) is 25.4 Å². The van der Waals surface area contributed by atoms with Gasteiger partial charge in [0, 0.05) is 7.11 Å². The van der Waals surface area contributed by atoms with Gasteiger partial charge in [-0.3, -0.25) is 4.79 Å². The molecule has 0 heterocycles. The molecule has 0 spiro atoms. The summed E-state index contributed by atoms with van der Waals surface area (Å²) in [5.41, 5.74) is 0.913. The summed E-state index contributed by atoms with van der Waals surface area (Å²) in [7, 11) is 1.64. The molecular formula is C9H14O3. The molecular weight excluding hydrogens is 156 g/mol. The second kappa shape index (κ2) is 3.72. The molecule has 12 heavy (non-hydrogen) atoms. The molecule has 0 aromatic rings. The number of hydrogen-bond donors (Lipinski definition) is 1. The normalized spacial score (nSPS) is 30.2. The fourth-order valence-corrected chi connectivity index (χ4v) is 1.60. The Morgan fingerprint density at radius 3 is 2.75 bits per heavy atom. The summed E-state index contributed by atoms with van der Waals surface area (Å²) >= 11 is 0. The van der Waals surface area contributed by atoms with Gasteiger partial charge in [0.05, 0.1) is 12.0 Å². The monoisotopic (exact) mass is 170 g/mol. The number of carbonyl (C=O) groups is 1. The van der Waals surface area contributed by atoms with E-state index in [0.717, 1.165) is 12.0 Å². The molecule has 68 valence electrons. The van der Waals surface area contributed by atoms with Crippen molar-refractivity contribution in [3.63, 3.8) is 0 Å². The first-order valence-electron chi connectivity index (χ1n) is 4.08. The molecule has 0 aromatic carbocycles. The number of hydrogen-bond acceptors (Lipinski definition) is 2. The van der Waals surface area contributed by atoms with Crippen molar-refractivity contribution in [2.75, 3.05) is 7.11 Å². The van der Waals surface area contributed by atoms with Crippen molar-refractivity contribution < 1.29 is 14.6 Å². The van der Waals surface area contributed by atoms with E-state index in [1.807, 2.05) is 0 Å². The van der Waals surface area contributed by atoms with E-state index in [0.29, 0.717) is 12.8 Å². The molecule has 2 unspecified atom stereocenters. The first-order valence-corrected chi connectivity index (χ1v) is 4.08. The van der Waals surface area contributed by atoms with Crippen LogP contribution in [-0.2, 0) is 9.53 Å². The van der Waals surface area contributed by atoms with E-state index in [1.165, 1.54) is 0 Å². The third kappa shape index (κ3) is 1.85. The number of carboxylic acids is 1. The third-order valence-electron chi connectivity index (χ3n) is 2.38. The van der Waals surface area contributed by atoms with E-state index in [9.17, 15) is 4.79 Å². The van der Waals surface area contributed by atoms with Crippen LogP contribution < -0.4 is 0 Å². The molecule has 0 amide bonds. The van der Waals surface area contributed by atoms with Gasteiger partial charge in [-0.15, -0.1) is 0 Å². The average molecular weight is 170 g/mol. The lowest BCUT2D eigenvalue weighted by molar-refractivity contribution is -0.142. The highest BCUT2D eigenvalue weighted by atomic mass is 16.5. The van der Waals surface area contributed by atoms with Crippen molar-refractivity contribution in [3.8, 4) is 0 Å². The van der Waals surface area contributed by atoms with E-state index >= 15 is 0 Å². The molecule has 0 aromatic heterocycles. The van der Waals surface area contributed by atoms with Crippen LogP contribution in [0.2, 0.25) is 0 Å². The van der Waals surface area contributed by atoms with Crippen molar-refractivity contribution >= 4 is 5.97 Å². The van der Waals surface area contributed by atoms with Gasteiger partial charge in [-0.25, -0.2) is 0 Å². The molecule has 1 aliphatic rings. The second-order valence-electron chi connectivity index (χ2n) is 3.20. The first-order chi connectivity index (χ1) is 5.65. The summed E-state index contributed by atoms with van der Waals surface area (Å²) in [6, 6.07) is 0. The Hall–Kier alpha value is -0.830. The zero-order valence-electron chi connectivity index (χ0n) is 7.25. The standard InChI is InChI=1S/C9H14O3/c1-6-5-7(9(10)11)3-4-8(6)12-2/h7-8H,1,3-5H2,2H3,(H,10,11). The summed E-state index contributed by atoms with van der Waals surface area (Å²) in [4.78, 5) is 10.6. The Labute approximate surface area is 72.0 Å². The molecule has 3 nitrogen and oxygen atoms in total. The zero-order chi connectivity index (χ0) is 9.14. The fourth-order valence-electron chi connectivity index (χ4n) is 1.60. The Balaban J connectivity index is 2.52. The van der Waals surface area contributed by atoms with Crippen LogP contribution in [0, 0.1) is 5.92 Å². The molecule has 0 aliphatic heterocycles. The van der Waals surface area contributed by atoms with Gasteiger partial charge in [0.2, 0.25) is 0 Å². The molecule has 1 N–H and O–H groups in total. The number of ether oxygens (including phenoxy) is 1. The van der Waals surface area contributed by atoms with E-state index < -0.39 is 5.97 Å². The SMILES string of the molecule is C=C1CC(C(=O)O)CCC1OC. The molecule has 0 radical (unpaired) electrons. The molecule has 1 aliphatic carbocycles. The largest absolute Gasteiger partial charge is 0.481 e. The molecule has 0 saturated heterocycles. The Bertz CT molecular complexity index is 198. The van der Waals surface area contributed by atoms with Crippen LogP contribution in [-0.4, -0.2) is 24.3 Å². The zero-order valence-corrected chi connectivity index (χ0v) is 7.25. The van der Waals surface area contributed by atoms with Gasteiger partial charge in [-0.05, 0) is 24.8 Å². The molecule has 1 rings (SSSR count). The van der Waals surface area contributed by atoms with Crippen molar-refractivity contribution in [1.82, 2.24) is 0 Å². The number of carboxylic acid groups (broad SMARTS) is 1. The highest BCUT2D eigenvalue weighted by Gasteiger charge is 2.28. The maximum absolute atomic E-state index is 10.6. The van der Waals surface area contributed by atoms with E-state index in [1.54, 1.807) is 7.11 Å². The van der Waals surface area contributed by atoms with Gasteiger partial charge in [-0.2, -0.15) is 0 Å². The van der Waals surface area contributed by atoms with Gasteiger partial charge >= 0.3 is 5.97 Å². The Morgan fingerprint density at radius 2 is 2.33 bits per heavy atom. The van der Waals surface area contributed by atoms with Crippen LogP contribution in [0.3, 0.4) is 0 Å². The molecule has 0 bridgehead atoms. The molecule has 1 fully saturated rings. The van der Waals surface area contributed by atoms with Gasteiger partial charge in [0.1, 0.15) is 0 Å². The van der Waals surface area contributed by atoms with Crippen LogP contribution in [0.25, 0.3) is 0 Å². The topological polar surface area (TPSA) is 46.5 Å². The summed E-state index contributed by atoms with van der Waals surface area (Å²) in [5, 5.41) is 8.73. The third-order valence-corrected chi connectivity index (χ3v) is 2.38. The van der Waals surface area contributed by atoms with E-state index in [4.69, 9.17) is 9.84 Å². The lowest BCUT2D eigenvalue weighted by Crippen LogP contribution is -2.27. The van der Waals surface area contributed by atoms with Gasteiger partial charge in [0.25, 0.3) is 0 Å². The Morgan fingerprint density at radius 1 is 1.67 bits per heavy atom. The van der Waals surface area contributed by atoms with Crippen LogP contribution in [0.15, 0.2) is 12.2 Å². The highest BCUT2D eigenvalue weighted by molar-refractivity contribution is 5.70. The quantitative estimate of drug-likeness (QED) is 0.638. The van der Waals surface area contributed by atoms with Crippen LogP contribution >= 0.6 is 0 Å². The van der Waals surface area contributed by atoms with Crippen molar-refractivity contribution in [2.24, 2.45) is 5.92 Å². The predicted octanol–water partition coefficient (Wildman–Crippen LogP) is 1.44. The summed E-state index contributed by atoms with van der Waals surface area (Å²) < 4.78 is 5.14. The lowest BCUT2D eigenvalue weighted by atomic mass is 9.84.